The molecule has 0 saturated heterocycles. The van der Waals surface area contributed by atoms with Crippen molar-refractivity contribution >= 4 is 27.8 Å². The first kappa shape index (κ1) is 18.0. The lowest BCUT2D eigenvalue weighted by molar-refractivity contribution is 0.403. The number of benzene rings is 2. The SMILES string of the molecule is Cc1cccc2cc3c(nc12)SC(=NCc1ccco1)N(Cc1ccccc1)C3. The van der Waals surface area contributed by atoms with Crippen molar-refractivity contribution in [2.24, 2.45) is 4.99 Å². The van der Waals surface area contributed by atoms with Crippen LogP contribution >= 0.6 is 11.8 Å². The highest BCUT2D eigenvalue weighted by molar-refractivity contribution is 8.13. The second-order valence-corrected chi connectivity index (χ2v) is 8.18. The summed E-state index contributed by atoms with van der Waals surface area (Å²) in [4.78, 5) is 12.2. The molecule has 1 aliphatic rings. The van der Waals surface area contributed by atoms with Crippen molar-refractivity contribution in [3.63, 3.8) is 0 Å². The summed E-state index contributed by atoms with van der Waals surface area (Å²) in [6.45, 7) is 4.26. The first-order valence-corrected chi connectivity index (χ1v) is 10.5. The normalized spacial score (nSPS) is 15.1. The number of pyridine rings is 1. The van der Waals surface area contributed by atoms with Gasteiger partial charge in [0, 0.05) is 24.0 Å². The number of aromatic nitrogens is 1. The molecule has 0 N–H and O–H groups in total. The molecular weight excluding hydrogens is 378 g/mol. The summed E-state index contributed by atoms with van der Waals surface area (Å²) in [6.07, 6.45) is 1.69. The van der Waals surface area contributed by atoms with Crippen LogP contribution in [0.1, 0.15) is 22.5 Å². The van der Waals surface area contributed by atoms with Gasteiger partial charge in [0.25, 0.3) is 0 Å². The fraction of sp³-hybridized carbons (Fsp3) is 0.167. The molecule has 0 aliphatic carbocycles. The minimum Gasteiger partial charge on any atom is -0.467 e. The molecule has 5 heteroatoms. The number of aryl methyl sites for hydroxylation is 1. The number of para-hydroxylation sites is 1. The quantitative estimate of drug-likeness (QED) is 0.435. The van der Waals surface area contributed by atoms with Crippen molar-refractivity contribution in [1.82, 2.24) is 9.88 Å². The second-order valence-electron chi connectivity index (χ2n) is 7.22. The van der Waals surface area contributed by atoms with E-state index in [0.29, 0.717) is 6.54 Å². The Morgan fingerprint density at radius 2 is 1.97 bits per heavy atom. The lowest BCUT2D eigenvalue weighted by Crippen LogP contribution is -2.31. The first-order valence-electron chi connectivity index (χ1n) is 9.69. The van der Waals surface area contributed by atoms with Crippen molar-refractivity contribution in [3.05, 3.63) is 95.4 Å². The molecule has 2 aromatic heterocycles. The summed E-state index contributed by atoms with van der Waals surface area (Å²) in [6, 6.07) is 23.0. The number of hydrogen-bond acceptors (Lipinski definition) is 4. The molecule has 2 aromatic carbocycles. The van der Waals surface area contributed by atoms with Crippen LogP contribution in [0.5, 0.6) is 0 Å². The minimum atomic E-state index is 0.530. The Balaban J connectivity index is 1.52. The Hall–Kier alpha value is -3.05. The number of amidine groups is 1. The van der Waals surface area contributed by atoms with Crippen LogP contribution in [0.25, 0.3) is 10.9 Å². The van der Waals surface area contributed by atoms with Crippen molar-refractivity contribution in [1.29, 1.82) is 0 Å². The number of nitrogens with zero attached hydrogens (tertiary/aromatic N) is 3. The summed E-state index contributed by atoms with van der Waals surface area (Å²) in [7, 11) is 0. The number of thioether (sulfide) groups is 1. The molecule has 0 atom stereocenters. The van der Waals surface area contributed by atoms with Crippen LogP contribution in [0.3, 0.4) is 0 Å². The molecular formula is C24H21N3OS. The van der Waals surface area contributed by atoms with Crippen LogP contribution in [0, 0.1) is 6.92 Å². The number of fused-ring (bicyclic) bond motifs is 2. The molecule has 5 rings (SSSR count). The highest BCUT2D eigenvalue weighted by Gasteiger charge is 2.24. The molecule has 0 amide bonds. The van der Waals surface area contributed by atoms with E-state index in [1.807, 2.05) is 18.2 Å². The van der Waals surface area contributed by atoms with E-state index in [-0.39, 0.29) is 0 Å². The maximum Gasteiger partial charge on any atom is 0.166 e. The van der Waals surface area contributed by atoms with Crippen LogP contribution in [0.4, 0.5) is 0 Å². The van der Waals surface area contributed by atoms with E-state index in [2.05, 4.69) is 60.4 Å². The smallest absolute Gasteiger partial charge is 0.166 e. The Kier molecular flexibility index (Phi) is 4.82. The van der Waals surface area contributed by atoms with Crippen LogP contribution < -0.4 is 0 Å². The third-order valence-electron chi connectivity index (χ3n) is 5.07. The predicted molar refractivity (Wildman–Crippen MR) is 118 cm³/mol. The Bertz CT molecular complexity index is 1170. The number of furan rings is 1. The Labute approximate surface area is 174 Å². The third-order valence-corrected chi connectivity index (χ3v) is 6.19. The van der Waals surface area contributed by atoms with Gasteiger partial charge in [-0.25, -0.2) is 4.98 Å². The van der Waals surface area contributed by atoms with Gasteiger partial charge in [-0.3, -0.25) is 4.99 Å². The van der Waals surface area contributed by atoms with Gasteiger partial charge in [0.2, 0.25) is 0 Å². The highest BCUT2D eigenvalue weighted by Crippen LogP contribution is 2.34. The monoisotopic (exact) mass is 399 g/mol. The van der Waals surface area contributed by atoms with Gasteiger partial charge in [-0.05, 0) is 48.0 Å². The summed E-state index contributed by atoms with van der Waals surface area (Å²) in [5.41, 5.74) is 4.79. The molecule has 0 spiro atoms. The van der Waals surface area contributed by atoms with Crippen LogP contribution in [-0.2, 0) is 19.6 Å². The molecule has 0 fully saturated rings. The Morgan fingerprint density at radius 3 is 2.79 bits per heavy atom. The van der Waals surface area contributed by atoms with E-state index >= 15 is 0 Å². The van der Waals surface area contributed by atoms with Crippen LogP contribution in [0.2, 0.25) is 0 Å². The zero-order chi connectivity index (χ0) is 19.6. The molecule has 0 unspecified atom stereocenters. The predicted octanol–water partition coefficient (Wildman–Crippen LogP) is 5.80. The maximum atomic E-state index is 5.47. The van der Waals surface area contributed by atoms with Crippen LogP contribution in [-0.4, -0.2) is 15.1 Å². The van der Waals surface area contributed by atoms with Crippen molar-refractivity contribution in [2.45, 2.75) is 31.6 Å². The number of aliphatic imine (C=N–C) groups is 1. The van der Waals surface area contributed by atoms with Crippen molar-refractivity contribution in [3.8, 4) is 0 Å². The third kappa shape index (κ3) is 3.78. The topological polar surface area (TPSA) is 41.6 Å². The fourth-order valence-electron chi connectivity index (χ4n) is 3.61. The molecule has 4 aromatic rings. The van der Waals surface area contributed by atoms with Gasteiger partial charge < -0.3 is 9.32 Å². The molecule has 144 valence electrons. The van der Waals surface area contributed by atoms with E-state index in [1.165, 1.54) is 22.1 Å². The number of hydrogen-bond donors (Lipinski definition) is 0. The summed E-state index contributed by atoms with van der Waals surface area (Å²) < 4.78 is 5.47. The molecule has 0 saturated carbocycles. The van der Waals surface area contributed by atoms with Gasteiger partial charge in [0.1, 0.15) is 10.8 Å². The number of rotatable bonds is 4. The average molecular weight is 400 g/mol. The minimum absolute atomic E-state index is 0.530. The van der Waals surface area contributed by atoms with Gasteiger partial charge in [-0.1, -0.05) is 48.5 Å². The largest absolute Gasteiger partial charge is 0.467 e. The van der Waals surface area contributed by atoms with E-state index in [0.717, 1.165) is 34.6 Å². The van der Waals surface area contributed by atoms with E-state index in [4.69, 9.17) is 14.4 Å². The van der Waals surface area contributed by atoms with Crippen molar-refractivity contribution in [2.75, 3.05) is 0 Å². The highest BCUT2D eigenvalue weighted by atomic mass is 32.2. The maximum absolute atomic E-state index is 5.47. The summed E-state index contributed by atoms with van der Waals surface area (Å²) in [5, 5.41) is 3.23. The Morgan fingerprint density at radius 1 is 1.07 bits per heavy atom. The molecule has 3 heterocycles. The van der Waals surface area contributed by atoms with Gasteiger partial charge >= 0.3 is 0 Å². The fourth-order valence-corrected chi connectivity index (χ4v) is 4.56. The van der Waals surface area contributed by atoms with Gasteiger partial charge in [0.05, 0.1) is 18.3 Å². The molecule has 0 bridgehead atoms. The summed E-state index contributed by atoms with van der Waals surface area (Å²) >= 11 is 1.65. The van der Waals surface area contributed by atoms with Gasteiger partial charge in [0.15, 0.2) is 5.17 Å². The van der Waals surface area contributed by atoms with E-state index in [9.17, 15) is 0 Å². The van der Waals surface area contributed by atoms with Crippen LogP contribution in [0.15, 0.2) is 87.4 Å². The zero-order valence-corrected chi connectivity index (χ0v) is 17.0. The van der Waals surface area contributed by atoms with Crippen molar-refractivity contribution < 1.29 is 4.42 Å². The lowest BCUT2D eigenvalue weighted by atomic mass is 10.1. The van der Waals surface area contributed by atoms with E-state index in [1.54, 1.807) is 18.0 Å². The van der Waals surface area contributed by atoms with Gasteiger partial charge in [-0.2, -0.15) is 0 Å². The summed E-state index contributed by atoms with van der Waals surface area (Å²) in [5.74, 6) is 0.867. The molecule has 0 radical (unpaired) electrons. The van der Waals surface area contributed by atoms with Gasteiger partial charge in [-0.15, -0.1) is 0 Å². The first-order chi connectivity index (χ1) is 14.3. The molecule has 4 nitrogen and oxygen atoms in total. The molecule has 1 aliphatic heterocycles. The zero-order valence-electron chi connectivity index (χ0n) is 16.2. The molecule has 29 heavy (non-hydrogen) atoms. The average Bonchev–Trinajstić information content (AvgIpc) is 3.26. The lowest BCUT2D eigenvalue weighted by Gasteiger charge is -2.31. The van der Waals surface area contributed by atoms with E-state index < -0.39 is 0 Å². The standard InChI is InChI=1S/C24H21N3OS/c1-17-7-5-10-19-13-20-16-27(15-18-8-3-2-4-9-18)24(29-23(20)26-22(17)19)25-14-21-11-6-12-28-21/h2-13H,14-16H2,1H3. The second kappa shape index (κ2) is 7.76.